The van der Waals surface area contributed by atoms with Gasteiger partial charge in [0.2, 0.25) is 0 Å². The van der Waals surface area contributed by atoms with Gasteiger partial charge in [-0.15, -0.1) is 0 Å². The van der Waals surface area contributed by atoms with Crippen LogP contribution in [0.5, 0.6) is 0 Å². The molecule has 0 saturated carbocycles. The first-order chi connectivity index (χ1) is 9.31. The number of carbonyl (C=O) groups is 1. The zero-order valence-corrected chi connectivity index (χ0v) is 11.5. The summed E-state index contributed by atoms with van der Waals surface area (Å²) in [4.78, 5) is 10.6. The van der Waals surface area contributed by atoms with E-state index in [1.165, 1.54) is 20.0 Å². The van der Waals surface area contributed by atoms with Crippen LogP contribution in [0.3, 0.4) is 0 Å². The number of aryl methyl sites for hydroxylation is 1. The summed E-state index contributed by atoms with van der Waals surface area (Å²) in [5.41, 5.74) is 0.636. The van der Waals surface area contributed by atoms with Gasteiger partial charge in [0.25, 0.3) is 10.0 Å². The highest BCUT2D eigenvalue weighted by molar-refractivity contribution is 7.92. The number of rotatable bonds is 5. The molecule has 0 bridgehead atoms. The third kappa shape index (κ3) is 2.64. The Morgan fingerprint density at radius 3 is 2.75 bits per heavy atom. The van der Waals surface area contributed by atoms with Crippen LogP contribution in [0, 0.1) is 13.8 Å². The zero-order valence-electron chi connectivity index (χ0n) is 10.7. The number of nitrogens with one attached hydrogen (secondary N) is 1. The summed E-state index contributed by atoms with van der Waals surface area (Å²) >= 11 is 0. The van der Waals surface area contributed by atoms with E-state index in [0.29, 0.717) is 0 Å². The van der Waals surface area contributed by atoms with Crippen LogP contribution in [0.1, 0.15) is 11.4 Å². The average Bonchev–Trinajstić information content (AvgIpc) is 2.87. The lowest BCUT2D eigenvalue weighted by Crippen LogP contribution is -2.15. The Morgan fingerprint density at radius 2 is 2.20 bits per heavy atom. The third-order valence-electron chi connectivity index (χ3n) is 2.55. The van der Waals surface area contributed by atoms with Crippen molar-refractivity contribution in [3.8, 4) is 0 Å². The van der Waals surface area contributed by atoms with E-state index in [-0.39, 0.29) is 22.0 Å². The lowest BCUT2D eigenvalue weighted by Gasteiger charge is -2.06. The van der Waals surface area contributed by atoms with E-state index >= 15 is 0 Å². The van der Waals surface area contributed by atoms with E-state index in [0.717, 1.165) is 10.9 Å². The fraction of sp³-hybridized carbons (Fsp3) is 0.300. The van der Waals surface area contributed by atoms with Crippen LogP contribution < -0.4 is 4.72 Å². The van der Waals surface area contributed by atoms with Crippen molar-refractivity contribution in [2.24, 2.45) is 0 Å². The number of hydrogen-bond donors (Lipinski definition) is 2. The summed E-state index contributed by atoms with van der Waals surface area (Å²) < 4.78 is 32.5. The smallest absolute Gasteiger partial charge is 0.325 e. The zero-order chi connectivity index (χ0) is 14.9. The van der Waals surface area contributed by atoms with Gasteiger partial charge in [-0.05, 0) is 13.8 Å². The van der Waals surface area contributed by atoms with Crippen molar-refractivity contribution in [1.29, 1.82) is 0 Å². The second-order valence-electron chi connectivity index (χ2n) is 4.07. The Hall–Kier alpha value is -2.36. The van der Waals surface area contributed by atoms with Gasteiger partial charge in [0.15, 0.2) is 0 Å². The molecule has 108 valence electrons. The molecular formula is C10H12N4O5S. The monoisotopic (exact) mass is 300 g/mol. The molecule has 2 N–H and O–H groups in total. The Morgan fingerprint density at radius 1 is 1.50 bits per heavy atom. The first-order valence-electron chi connectivity index (χ1n) is 5.49. The fourth-order valence-electron chi connectivity index (χ4n) is 1.81. The molecule has 0 spiro atoms. The summed E-state index contributed by atoms with van der Waals surface area (Å²) in [6.07, 6.45) is 2.35. The molecule has 0 aliphatic heterocycles. The molecule has 0 radical (unpaired) electrons. The molecule has 0 fully saturated rings. The third-order valence-corrected chi connectivity index (χ3v) is 4.19. The maximum absolute atomic E-state index is 12.3. The first kappa shape index (κ1) is 14.1. The van der Waals surface area contributed by atoms with Crippen molar-refractivity contribution in [2.75, 3.05) is 4.72 Å². The van der Waals surface area contributed by atoms with Gasteiger partial charge in [0, 0.05) is 0 Å². The summed E-state index contributed by atoms with van der Waals surface area (Å²) in [5, 5.41) is 16.1. The molecule has 2 heterocycles. The predicted molar refractivity (Wildman–Crippen MR) is 66.6 cm³/mol. The first-order valence-corrected chi connectivity index (χ1v) is 6.97. The highest BCUT2D eigenvalue weighted by Gasteiger charge is 2.25. The summed E-state index contributed by atoms with van der Waals surface area (Å²) in [5.74, 6) is -1.11. The van der Waals surface area contributed by atoms with E-state index in [1.807, 2.05) is 0 Å². The number of carboxylic acids is 1. The number of nitrogens with zero attached hydrogens (tertiary/aromatic N) is 3. The van der Waals surface area contributed by atoms with Crippen molar-refractivity contribution in [3.63, 3.8) is 0 Å². The number of hydrogen-bond acceptors (Lipinski definition) is 6. The molecule has 0 aromatic carbocycles. The van der Waals surface area contributed by atoms with Crippen molar-refractivity contribution in [1.82, 2.24) is 14.9 Å². The van der Waals surface area contributed by atoms with E-state index in [1.54, 1.807) is 0 Å². The largest absolute Gasteiger partial charge is 0.480 e. The Bertz CT molecular complexity index is 732. The second kappa shape index (κ2) is 4.96. The van der Waals surface area contributed by atoms with Gasteiger partial charge >= 0.3 is 5.97 Å². The number of sulfonamides is 1. The minimum absolute atomic E-state index is 0.0556. The van der Waals surface area contributed by atoms with Crippen LogP contribution >= 0.6 is 0 Å². The lowest BCUT2D eigenvalue weighted by atomic mass is 10.4. The van der Waals surface area contributed by atoms with Gasteiger partial charge in [-0.25, -0.2) is 8.42 Å². The lowest BCUT2D eigenvalue weighted by molar-refractivity contribution is -0.137. The van der Waals surface area contributed by atoms with E-state index in [4.69, 9.17) is 5.11 Å². The molecule has 10 heteroatoms. The van der Waals surface area contributed by atoms with Crippen LogP contribution in [0.15, 0.2) is 21.9 Å². The van der Waals surface area contributed by atoms with Gasteiger partial charge in [-0.3, -0.25) is 14.2 Å². The van der Waals surface area contributed by atoms with Crippen LogP contribution in [-0.2, 0) is 21.4 Å². The Kier molecular flexibility index (Phi) is 3.49. The van der Waals surface area contributed by atoms with Crippen LogP contribution in [0.25, 0.3) is 0 Å². The normalized spacial score (nSPS) is 11.5. The molecule has 0 aliphatic rings. The van der Waals surface area contributed by atoms with Crippen molar-refractivity contribution in [2.45, 2.75) is 25.3 Å². The fourth-order valence-corrected chi connectivity index (χ4v) is 3.25. The van der Waals surface area contributed by atoms with E-state index < -0.39 is 22.5 Å². The number of anilines is 1. The second-order valence-corrected chi connectivity index (χ2v) is 5.69. The molecule has 9 nitrogen and oxygen atoms in total. The molecule has 0 unspecified atom stereocenters. The van der Waals surface area contributed by atoms with Crippen LogP contribution in [0.4, 0.5) is 5.69 Å². The topological polar surface area (TPSA) is 127 Å². The number of carboxylic acid groups (broad SMARTS) is 1. The standard InChI is InChI=1S/C10H12N4O5S/c1-6-10(7(2)14(12-6)4-9(15)16)20(17,18)13-8-3-11-19-5-8/h3,5,13H,4H2,1-2H3,(H,15,16). The summed E-state index contributed by atoms with van der Waals surface area (Å²) in [7, 11) is -3.89. The molecular weight excluding hydrogens is 288 g/mol. The molecule has 0 amide bonds. The molecule has 0 aliphatic carbocycles. The minimum atomic E-state index is -3.89. The average molecular weight is 300 g/mol. The maximum atomic E-state index is 12.3. The minimum Gasteiger partial charge on any atom is -0.480 e. The number of aliphatic carboxylic acids is 1. The van der Waals surface area contributed by atoms with Gasteiger partial charge in [0.05, 0.1) is 17.6 Å². The number of aromatic nitrogens is 3. The SMILES string of the molecule is Cc1nn(CC(=O)O)c(C)c1S(=O)(=O)Nc1cnoc1. The molecule has 2 rings (SSSR count). The molecule has 2 aromatic heterocycles. The van der Waals surface area contributed by atoms with Crippen molar-refractivity contribution in [3.05, 3.63) is 23.8 Å². The van der Waals surface area contributed by atoms with Gasteiger partial charge < -0.3 is 9.63 Å². The highest BCUT2D eigenvalue weighted by atomic mass is 32.2. The van der Waals surface area contributed by atoms with E-state index in [9.17, 15) is 13.2 Å². The maximum Gasteiger partial charge on any atom is 0.325 e. The predicted octanol–water partition coefficient (Wildman–Crippen LogP) is 0.373. The highest BCUT2D eigenvalue weighted by Crippen LogP contribution is 2.22. The van der Waals surface area contributed by atoms with Gasteiger partial charge in [0.1, 0.15) is 23.4 Å². The van der Waals surface area contributed by atoms with E-state index in [2.05, 4.69) is 19.5 Å². The molecule has 0 saturated heterocycles. The molecule has 0 atom stereocenters. The summed E-state index contributed by atoms with van der Waals surface area (Å²) in [6.45, 7) is 2.58. The quantitative estimate of drug-likeness (QED) is 0.816. The van der Waals surface area contributed by atoms with Crippen LogP contribution in [-0.4, -0.2) is 34.4 Å². The summed E-state index contributed by atoms with van der Waals surface area (Å²) in [6, 6.07) is 0. The van der Waals surface area contributed by atoms with Crippen LogP contribution in [0.2, 0.25) is 0 Å². The van der Waals surface area contributed by atoms with Crippen molar-refractivity contribution >= 4 is 21.7 Å². The van der Waals surface area contributed by atoms with Crippen molar-refractivity contribution < 1.29 is 22.8 Å². The van der Waals surface area contributed by atoms with Gasteiger partial charge in [-0.2, -0.15) is 5.10 Å². The van der Waals surface area contributed by atoms with Gasteiger partial charge in [-0.1, -0.05) is 5.16 Å². The Balaban J connectivity index is 2.41. The Labute approximate surface area is 114 Å². The molecule has 2 aromatic rings. The molecule has 20 heavy (non-hydrogen) atoms.